The molecular weight excluding hydrogens is 342 g/mol. The van der Waals surface area contributed by atoms with Gasteiger partial charge < -0.3 is 15.2 Å². The van der Waals surface area contributed by atoms with E-state index in [1.807, 2.05) is 0 Å². The third-order valence-corrected chi connectivity index (χ3v) is 4.50. The highest BCUT2D eigenvalue weighted by atomic mass is 16.5. The summed E-state index contributed by atoms with van der Waals surface area (Å²) in [6.07, 6.45) is 3.61. The summed E-state index contributed by atoms with van der Waals surface area (Å²) >= 11 is 0. The quantitative estimate of drug-likeness (QED) is 0.472. The number of ether oxygens (including phenoxy) is 2. The van der Waals surface area contributed by atoms with Crippen molar-refractivity contribution in [1.82, 2.24) is 0 Å². The van der Waals surface area contributed by atoms with Crippen molar-refractivity contribution in [2.75, 3.05) is 18.9 Å². The Balaban J connectivity index is 2.21. The fourth-order valence-electron chi connectivity index (χ4n) is 2.99. The van der Waals surface area contributed by atoms with Crippen LogP contribution in [-0.4, -0.2) is 24.8 Å². The second kappa shape index (κ2) is 9.58. The molecule has 2 N–H and O–H groups in total. The van der Waals surface area contributed by atoms with Crippen LogP contribution in [0.4, 0.5) is 5.69 Å². The predicted octanol–water partition coefficient (Wildman–Crippen LogP) is 4.77. The third kappa shape index (κ3) is 5.59. The molecule has 148 valence electrons. The van der Waals surface area contributed by atoms with Crippen molar-refractivity contribution >= 4 is 17.3 Å². The number of allylic oxidation sites excluding steroid dienone is 2. The number of carbonyl (C=O) groups is 2. The lowest BCUT2D eigenvalue weighted by atomic mass is 9.91. The topological polar surface area (TPSA) is 78.6 Å². The predicted molar refractivity (Wildman–Crippen MR) is 107 cm³/mol. The molecule has 0 amide bonds. The summed E-state index contributed by atoms with van der Waals surface area (Å²) < 4.78 is 11.5. The van der Waals surface area contributed by atoms with Crippen LogP contribution in [0.15, 0.2) is 29.7 Å². The second-order valence-electron chi connectivity index (χ2n) is 7.89. The van der Waals surface area contributed by atoms with E-state index in [1.54, 1.807) is 12.1 Å². The zero-order valence-corrected chi connectivity index (χ0v) is 16.8. The molecule has 0 aromatic heterocycles. The Kier molecular flexibility index (Phi) is 7.45. The normalized spacial score (nSPS) is 14.1. The summed E-state index contributed by atoms with van der Waals surface area (Å²) in [5, 5.41) is 0. The molecule has 0 saturated heterocycles. The fraction of sp³-hybridized carbons (Fsp3) is 0.545. The average molecular weight is 373 g/mol. The van der Waals surface area contributed by atoms with Crippen LogP contribution < -0.4 is 5.73 Å². The van der Waals surface area contributed by atoms with Gasteiger partial charge in [0.05, 0.1) is 13.2 Å². The highest BCUT2D eigenvalue weighted by Gasteiger charge is 2.35. The maximum absolute atomic E-state index is 12.9. The SMILES string of the molecule is CC(C)CCCOC1=C(OCCCC(C)C)C(=O)c2cc(N)ccc2C1=O. The lowest BCUT2D eigenvalue weighted by Gasteiger charge is -2.22. The van der Waals surface area contributed by atoms with Gasteiger partial charge in [0.2, 0.25) is 23.1 Å². The van der Waals surface area contributed by atoms with Gasteiger partial charge in [0.15, 0.2) is 0 Å². The van der Waals surface area contributed by atoms with E-state index in [9.17, 15) is 9.59 Å². The van der Waals surface area contributed by atoms with Crippen LogP contribution in [0.25, 0.3) is 0 Å². The van der Waals surface area contributed by atoms with E-state index >= 15 is 0 Å². The molecular formula is C22H31NO4. The van der Waals surface area contributed by atoms with Gasteiger partial charge in [0.1, 0.15) is 0 Å². The van der Waals surface area contributed by atoms with Gasteiger partial charge in [-0.3, -0.25) is 9.59 Å². The maximum Gasteiger partial charge on any atom is 0.232 e. The van der Waals surface area contributed by atoms with Crippen LogP contribution in [0.2, 0.25) is 0 Å². The fourth-order valence-corrected chi connectivity index (χ4v) is 2.99. The molecule has 1 aliphatic rings. The van der Waals surface area contributed by atoms with Gasteiger partial charge in [0, 0.05) is 16.8 Å². The molecule has 1 aliphatic carbocycles. The van der Waals surface area contributed by atoms with Crippen LogP contribution in [0.1, 0.15) is 74.1 Å². The zero-order chi connectivity index (χ0) is 20.0. The van der Waals surface area contributed by atoms with E-state index in [0.717, 1.165) is 25.7 Å². The van der Waals surface area contributed by atoms with E-state index in [4.69, 9.17) is 15.2 Å². The molecule has 0 heterocycles. The first-order valence-corrected chi connectivity index (χ1v) is 9.80. The number of anilines is 1. The van der Waals surface area contributed by atoms with Gasteiger partial charge in [-0.15, -0.1) is 0 Å². The number of Topliss-reactive ketones (excluding diaryl/α,β-unsaturated/α-hetero) is 2. The lowest BCUT2D eigenvalue weighted by Crippen LogP contribution is -2.26. The molecule has 0 spiro atoms. The number of ketones is 2. The molecule has 0 saturated carbocycles. The Bertz CT molecular complexity index is 719. The number of benzene rings is 1. The van der Waals surface area contributed by atoms with Gasteiger partial charge in [-0.2, -0.15) is 0 Å². The zero-order valence-electron chi connectivity index (χ0n) is 16.8. The molecule has 27 heavy (non-hydrogen) atoms. The second-order valence-corrected chi connectivity index (χ2v) is 7.89. The van der Waals surface area contributed by atoms with Gasteiger partial charge in [0.25, 0.3) is 0 Å². The summed E-state index contributed by atoms with van der Waals surface area (Å²) in [5.41, 5.74) is 6.85. The molecule has 0 atom stereocenters. The molecule has 0 fully saturated rings. The Labute approximate surface area is 161 Å². The highest BCUT2D eigenvalue weighted by molar-refractivity contribution is 6.25. The van der Waals surface area contributed by atoms with Gasteiger partial charge in [-0.25, -0.2) is 0 Å². The molecule has 1 aromatic rings. The molecule has 0 aliphatic heterocycles. The summed E-state index contributed by atoms with van der Waals surface area (Å²) in [5.74, 6) is 0.519. The first-order valence-electron chi connectivity index (χ1n) is 9.80. The maximum atomic E-state index is 12.9. The molecule has 0 radical (unpaired) electrons. The number of carbonyl (C=O) groups excluding carboxylic acids is 2. The Hall–Kier alpha value is -2.30. The first kappa shape index (κ1) is 21.0. The van der Waals surface area contributed by atoms with E-state index in [-0.39, 0.29) is 28.6 Å². The average Bonchev–Trinajstić information content (AvgIpc) is 2.60. The van der Waals surface area contributed by atoms with Gasteiger partial charge in [-0.1, -0.05) is 27.7 Å². The van der Waals surface area contributed by atoms with Gasteiger partial charge >= 0.3 is 0 Å². The molecule has 5 heteroatoms. The summed E-state index contributed by atoms with van der Waals surface area (Å²) in [4.78, 5) is 25.8. The van der Waals surface area contributed by atoms with Crippen LogP contribution in [-0.2, 0) is 9.47 Å². The van der Waals surface area contributed by atoms with E-state index in [1.165, 1.54) is 6.07 Å². The van der Waals surface area contributed by atoms with Crippen molar-refractivity contribution in [3.8, 4) is 0 Å². The minimum absolute atomic E-state index is 0.0198. The first-order chi connectivity index (χ1) is 12.8. The summed E-state index contributed by atoms with van der Waals surface area (Å²) in [6.45, 7) is 9.31. The number of hydrogen-bond donors (Lipinski definition) is 1. The van der Waals surface area contributed by atoms with Crippen LogP contribution in [0, 0.1) is 11.8 Å². The van der Waals surface area contributed by atoms with Crippen molar-refractivity contribution in [2.45, 2.75) is 53.4 Å². The molecule has 1 aromatic carbocycles. The van der Waals surface area contributed by atoms with Crippen molar-refractivity contribution < 1.29 is 19.1 Å². The number of hydrogen-bond acceptors (Lipinski definition) is 5. The summed E-state index contributed by atoms with van der Waals surface area (Å²) in [6, 6.07) is 4.73. The standard InChI is InChI=1S/C22H31NO4/c1-14(2)7-5-11-26-21-19(24)17-10-9-16(23)13-18(17)20(25)22(21)27-12-6-8-15(3)4/h9-10,13-15H,5-8,11-12,23H2,1-4H3. The van der Waals surface area contributed by atoms with E-state index in [0.29, 0.717) is 36.3 Å². The molecule has 2 rings (SSSR count). The lowest BCUT2D eigenvalue weighted by molar-refractivity contribution is 0.0741. The minimum Gasteiger partial charge on any atom is -0.486 e. The molecule has 5 nitrogen and oxygen atoms in total. The number of fused-ring (bicyclic) bond motifs is 1. The Morgan fingerprint density at radius 1 is 0.815 bits per heavy atom. The van der Waals surface area contributed by atoms with Crippen molar-refractivity contribution in [3.63, 3.8) is 0 Å². The Morgan fingerprint density at radius 2 is 1.30 bits per heavy atom. The number of nitrogens with two attached hydrogens (primary N) is 1. The van der Waals surface area contributed by atoms with Crippen LogP contribution in [0.5, 0.6) is 0 Å². The minimum atomic E-state index is -0.333. The van der Waals surface area contributed by atoms with Crippen LogP contribution in [0.3, 0.4) is 0 Å². The number of nitrogen functional groups attached to an aromatic ring is 1. The van der Waals surface area contributed by atoms with Gasteiger partial charge in [-0.05, 0) is 55.7 Å². The monoisotopic (exact) mass is 373 g/mol. The van der Waals surface area contributed by atoms with Crippen molar-refractivity contribution in [3.05, 3.63) is 40.8 Å². The smallest absolute Gasteiger partial charge is 0.232 e. The summed E-state index contributed by atoms with van der Waals surface area (Å²) in [7, 11) is 0. The van der Waals surface area contributed by atoms with E-state index in [2.05, 4.69) is 27.7 Å². The largest absolute Gasteiger partial charge is 0.486 e. The van der Waals surface area contributed by atoms with Crippen molar-refractivity contribution in [1.29, 1.82) is 0 Å². The number of rotatable bonds is 10. The molecule has 0 unspecified atom stereocenters. The Morgan fingerprint density at radius 3 is 1.78 bits per heavy atom. The van der Waals surface area contributed by atoms with E-state index < -0.39 is 0 Å². The van der Waals surface area contributed by atoms with Crippen molar-refractivity contribution in [2.24, 2.45) is 11.8 Å². The van der Waals surface area contributed by atoms with Crippen LogP contribution >= 0.6 is 0 Å². The third-order valence-electron chi connectivity index (χ3n) is 4.50. The highest BCUT2D eigenvalue weighted by Crippen LogP contribution is 2.29. The molecule has 0 bridgehead atoms.